The molecule has 0 saturated heterocycles. The van der Waals surface area contributed by atoms with Gasteiger partial charge >= 0.3 is 6.03 Å². The predicted octanol–water partition coefficient (Wildman–Crippen LogP) is -0.0343. The summed E-state index contributed by atoms with van der Waals surface area (Å²) < 4.78 is 0. The van der Waals surface area contributed by atoms with E-state index in [2.05, 4.69) is 10.6 Å². The van der Waals surface area contributed by atoms with E-state index in [4.69, 9.17) is 11.6 Å². The van der Waals surface area contributed by atoms with Gasteiger partial charge in [0.05, 0.1) is 0 Å². The molecule has 0 aliphatic heterocycles. The van der Waals surface area contributed by atoms with E-state index < -0.39 is 18.0 Å². The van der Waals surface area contributed by atoms with Crippen LogP contribution in [0.1, 0.15) is 20.3 Å². The monoisotopic (exact) mass is 249 g/mol. The number of imide groups is 1. The van der Waals surface area contributed by atoms with Crippen LogP contribution in [0.15, 0.2) is 0 Å². The lowest BCUT2D eigenvalue weighted by atomic mass is 10.3. The molecule has 0 rings (SSSR count). The molecule has 0 aromatic rings. The molecule has 1 atom stereocenters. The highest BCUT2D eigenvalue weighted by atomic mass is 35.5. The van der Waals surface area contributed by atoms with E-state index in [1.54, 1.807) is 0 Å². The molecule has 3 N–H and O–H groups in total. The quantitative estimate of drug-likeness (QED) is 0.598. The fraction of sp³-hybridized carbons (Fsp3) is 0.667. The van der Waals surface area contributed by atoms with Crippen LogP contribution >= 0.6 is 11.6 Å². The first-order valence-corrected chi connectivity index (χ1v) is 5.48. The van der Waals surface area contributed by atoms with Crippen molar-refractivity contribution in [3.05, 3.63) is 0 Å². The van der Waals surface area contributed by atoms with Crippen LogP contribution in [-0.2, 0) is 9.59 Å². The molecule has 1 unspecified atom stereocenters. The largest absolute Gasteiger partial charge is 0.354 e. The van der Waals surface area contributed by atoms with Crippen LogP contribution in [0.25, 0.3) is 0 Å². The molecule has 0 fully saturated rings. The van der Waals surface area contributed by atoms with Gasteiger partial charge in [0, 0.05) is 6.54 Å². The first kappa shape index (κ1) is 14.7. The zero-order chi connectivity index (χ0) is 12.6. The van der Waals surface area contributed by atoms with Gasteiger partial charge in [0.1, 0.15) is 11.9 Å². The van der Waals surface area contributed by atoms with Crippen molar-refractivity contribution in [2.45, 2.75) is 26.3 Å². The molecule has 0 spiro atoms. The number of hydrogen-bond acceptors (Lipinski definition) is 3. The molecule has 0 aromatic carbocycles. The van der Waals surface area contributed by atoms with Crippen molar-refractivity contribution in [2.24, 2.45) is 0 Å². The predicted molar refractivity (Wildman–Crippen MR) is 60.2 cm³/mol. The van der Waals surface area contributed by atoms with E-state index in [0.29, 0.717) is 6.54 Å². The maximum atomic E-state index is 11.3. The van der Waals surface area contributed by atoms with Gasteiger partial charge in [0.25, 0.3) is 0 Å². The SMILES string of the molecule is CCCNC(=O)C(C)NC(=O)NC(=O)CCl. The minimum atomic E-state index is -0.732. The Morgan fingerprint density at radius 2 is 1.94 bits per heavy atom. The lowest BCUT2D eigenvalue weighted by Gasteiger charge is -2.13. The molecule has 92 valence electrons. The van der Waals surface area contributed by atoms with E-state index in [0.717, 1.165) is 6.42 Å². The Morgan fingerprint density at radius 3 is 2.44 bits per heavy atom. The van der Waals surface area contributed by atoms with Gasteiger partial charge in [-0.25, -0.2) is 4.79 Å². The number of amides is 4. The van der Waals surface area contributed by atoms with Crippen molar-refractivity contribution in [1.29, 1.82) is 0 Å². The fourth-order valence-corrected chi connectivity index (χ4v) is 0.926. The lowest BCUT2D eigenvalue weighted by molar-refractivity contribution is -0.123. The summed E-state index contributed by atoms with van der Waals surface area (Å²) in [6.07, 6.45) is 0.815. The van der Waals surface area contributed by atoms with Crippen molar-refractivity contribution in [3.63, 3.8) is 0 Å². The van der Waals surface area contributed by atoms with E-state index in [-0.39, 0.29) is 11.8 Å². The van der Waals surface area contributed by atoms with Crippen molar-refractivity contribution in [2.75, 3.05) is 12.4 Å². The van der Waals surface area contributed by atoms with Gasteiger partial charge < -0.3 is 10.6 Å². The average molecular weight is 250 g/mol. The van der Waals surface area contributed by atoms with E-state index in [9.17, 15) is 14.4 Å². The van der Waals surface area contributed by atoms with Gasteiger partial charge in [-0.1, -0.05) is 6.92 Å². The van der Waals surface area contributed by atoms with Gasteiger partial charge in [-0.3, -0.25) is 14.9 Å². The van der Waals surface area contributed by atoms with Crippen LogP contribution in [-0.4, -0.2) is 36.3 Å². The molecular formula is C9H16ClN3O3. The van der Waals surface area contributed by atoms with Gasteiger partial charge in [-0.2, -0.15) is 0 Å². The Kier molecular flexibility index (Phi) is 7.28. The maximum Gasteiger partial charge on any atom is 0.322 e. The van der Waals surface area contributed by atoms with Crippen molar-refractivity contribution in [1.82, 2.24) is 16.0 Å². The van der Waals surface area contributed by atoms with E-state index in [1.807, 2.05) is 12.2 Å². The molecule has 6 nitrogen and oxygen atoms in total. The summed E-state index contributed by atoms with van der Waals surface area (Å²) in [5.74, 6) is -1.21. The van der Waals surface area contributed by atoms with Crippen molar-refractivity contribution >= 4 is 29.4 Å². The summed E-state index contributed by atoms with van der Waals surface area (Å²) in [4.78, 5) is 33.2. The third-order valence-corrected chi connectivity index (χ3v) is 1.91. The Morgan fingerprint density at radius 1 is 1.31 bits per heavy atom. The number of halogens is 1. The Balaban J connectivity index is 3.94. The first-order chi connectivity index (χ1) is 7.51. The number of carbonyl (C=O) groups is 3. The number of nitrogens with one attached hydrogen (secondary N) is 3. The minimum Gasteiger partial charge on any atom is -0.354 e. The minimum absolute atomic E-state index is 0.296. The molecule has 0 saturated carbocycles. The third kappa shape index (κ3) is 6.23. The molecule has 0 aliphatic carbocycles. The van der Waals surface area contributed by atoms with Gasteiger partial charge in [-0.05, 0) is 13.3 Å². The Labute approximate surface area is 99.1 Å². The number of rotatable bonds is 5. The second-order valence-corrected chi connectivity index (χ2v) is 3.44. The standard InChI is InChI=1S/C9H16ClN3O3/c1-3-4-11-8(15)6(2)12-9(16)13-7(14)5-10/h6H,3-5H2,1-2H3,(H,11,15)(H2,12,13,14,16). The second-order valence-electron chi connectivity index (χ2n) is 3.17. The highest BCUT2D eigenvalue weighted by molar-refractivity contribution is 6.28. The molecule has 0 aliphatic rings. The van der Waals surface area contributed by atoms with Crippen LogP contribution < -0.4 is 16.0 Å². The van der Waals surface area contributed by atoms with Gasteiger partial charge in [0.15, 0.2) is 0 Å². The summed E-state index contributed by atoms with van der Waals surface area (Å²) in [7, 11) is 0. The summed E-state index contributed by atoms with van der Waals surface area (Å²) in [6.45, 7) is 3.99. The van der Waals surface area contributed by atoms with Crippen molar-refractivity contribution < 1.29 is 14.4 Å². The zero-order valence-electron chi connectivity index (χ0n) is 9.30. The molecule has 0 radical (unpaired) electrons. The summed E-state index contributed by atoms with van der Waals surface area (Å²) in [6, 6.07) is -1.43. The molecule has 0 bridgehead atoms. The number of alkyl halides is 1. The molecule has 7 heteroatoms. The Hall–Kier alpha value is -1.30. The second kappa shape index (κ2) is 7.92. The third-order valence-electron chi connectivity index (χ3n) is 1.66. The summed E-state index contributed by atoms with van der Waals surface area (Å²) >= 11 is 5.19. The van der Waals surface area contributed by atoms with Crippen LogP contribution in [0.2, 0.25) is 0 Å². The van der Waals surface area contributed by atoms with Crippen LogP contribution in [0.5, 0.6) is 0 Å². The summed E-state index contributed by atoms with van der Waals surface area (Å²) in [5, 5.41) is 6.90. The smallest absolute Gasteiger partial charge is 0.322 e. The molecular weight excluding hydrogens is 234 g/mol. The first-order valence-electron chi connectivity index (χ1n) is 4.95. The highest BCUT2D eigenvalue weighted by Crippen LogP contribution is 1.83. The average Bonchev–Trinajstić information content (AvgIpc) is 2.25. The normalized spacial score (nSPS) is 11.4. The Bertz CT molecular complexity index is 271. The number of carbonyl (C=O) groups excluding carboxylic acids is 3. The lowest BCUT2D eigenvalue weighted by Crippen LogP contribution is -2.50. The molecule has 4 amide bonds. The fourth-order valence-electron chi connectivity index (χ4n) is 0.860. The van der Waals surface area contributed by atoms with E-state index in [1.165, 1.54) is 6.92 Å². The van der Waals surface area contributed by atoms with Crippen LogP contribution in [0, 0.1) is 0 Å². The number of urea groups is 1. The van der Waals surface area contributed by atoms with Crippen LogP contribution in [0.4, 0.5) is 4.79 Å². The maximum absolute atomic E-state index is 11.3. The van der Waals surface area contributed by atoms with E-state index >= 15 is 0 Å². The van der Waals surface area contributed by atoms with Gasteiger partial charge in [-0.15, -0.1) is 11.6 Å². The van der Waals surface area contributed by atoms with Crippen LogP contribution in [0.3, 0.4) is 0 Å². The zero-order valence-corrected chi connectivity index (χ0v) is 10.1. The van der Waals surface area contributed by atoms with Crippen molar-refractivity contribution in [3.8, 4) is 0 Å². The highest BCUT2D eigenvalue weighted by Gasteiger charge is 2.15. The molecule has 0 heterocycles. The molecule has 16 heavy (non-hydrogen) atoms. The number of hydrogen-bond donors (Lipinski definition) is 3. The topological polar surface area (TPSA) is 87.3 Å². The molecule has 0 aromatic heterocycles. The van der Waals surface area contributed by atoms with Gasteiger partial charge in [0.2, 0.25) is 11.8 Å². The summed E-state index contributed by atoms with van der Waals surface area (Å²) in [5.41, 5.74) is 0.